The monoisotopic (exact) mass is 457 g/mol. The highest BCUT2D eigenvalue weighted by Gasteiger charge is 2.13. The van der Waals surface area contributed by atoms with Gasteiger partial charge in [-0.2, -0.15) is 0 Å². The second-order valence-electron chi connectivity index (χ2n) is 6.86. The van der Waals surface area contributed by atoms with Crippen LogP contribution < -0.4 is 29.0 Å². The highest BCUT2D eigenvalue weighted by Crippen LogP contribution is 2.34. The molecule has 3 aromatic carbocycles. The van der Waals surface area contributed by atoms with E-state index in [-0.39, 0.29) is 0 Å². The normalized spacial score (nSPS) is 10.5. The Kier molecular flexibility index (Phi) is 8.90. The lowest BCUT2D eigenvalue weighted by atomic mass is 10.1. The van der Waals surface area contributed by atoms with Crippen LogP contribution in [0.15, 0.2) is 60.7 Å². The summed E-state index contributed by atoms with van der Waals surface area (Å²) in [5.41, 5.74) is 1.88. The third-order valence-corrected chi connectivity index (χ3v) is 5.16. The topological polar surface area (TPSA) is 58.2 Å². The molecule has 3 rings (SSSR count). The van der Waals surface area contributed by atoms with E-state index in [0.717, 1.165) is 16.9 Å². The number of methoxy groups -OCH3 is 3. The molecule has 0 unspecified atom stereocenters. The Morgan fingerprint density at radius 3 is 2.06 bits per heavy atom. The fourth-order valence-electron chi connectivity index (χ4n) is 3.21. The average Bonchev–Trinajstić information content (AvgIpc) is 2.83. The summed E-state index contributed by atoms with van der Waals surface area (Å²) in [6.45, 7) is 1.93. The van der Waals surface area contributed by atoms with E-state index in [1.54, 1.807) is 27.4 Å². The van der Waals surface area contributed by atoms with Crippen LogP contribution in [-0.2, 0) is 13.1 Å². The van der Waals surface area contributed by atoms with Crippen LogP contribution in [0.4, 0.5) is 0 Å². The number of nitrogens with one attached hydrogen (secondary N) is 1. The fraction of sp³-hybridized carbons (Fsp3) is 0.280. The predicted molar refractivity (Wildman–Crippen MR) is 126 cm³/mol. The number of benzene rings is 3. The molecule has 0 aliphatic carbocycles. The van der Waals surface area contributed by atoms with Crippen molar-refractivity contribution in [2.75, 3.05) is 34.5 Å². The Labute approximate surface area is 194 Å². The van der Waals surface area contributed by atoms with Gasteiger partial charge in [0.2, 0.25) is 0 Å². The van der Waals surface area contributed by atoms with Crippen LogP contribution in [0.3, 0.4) is 0 Å². The first kappa shape index (κ1) is 23.6. The molecule has 3 aromatic rings. The summed E-state index contributed by atoms with van der Waals surface area (Å²) < 4.78 is 27.9. The molecule has 0 spiro atoms. The molecule has 0 amide bonds. The van der Waals surface area contributed by atoms with Crippen LogP contribution in [0.1, 0.15) is 11.1 Å². The van der Waals surface area contributed by atoms with Crippen molar-refractivity contribution < 1.29 is 23.7 Å². The predicted octanol–water partition coefficient (Wildman–Crippen LogP) is 5.11. The number of hydrogen-bond donors (Lipinski definition) is 1. The Hall–Kier alpha value is -3.09. The largest absolute Gasteiger partial charge is 0.493 e. The highest BCUT2D eigenvalue weighted by molar-refractivity contribution is 6.31. The number of para-hydroxylation sites is 2. The molecule has 0 radical (unpaired) electrons. The quantitative estimate of drug-likeness (QED) is 0.381. The molecule has 0 aromatic heterocycles. The molecule has 0 atom stereocenters. The molecule has 0 aliphatic heterocycles. The van der Waals surface area contributed by atoms with E-state index in [0.29, 0.717) is 54.3 Å². The highest BCUT2D eigenvalue weighted by atomic mass is 35.5. The molecular formula is C25H28ClNO5. The van der Waals surface area contributed by atoms with Crippen LogP contribution in [0.25, 0.3) is 0 Å². The van der Waals surface area contributed by atoms with Crippen LogP contribution in [0.5, 0.6) is 28.7 Å². The zero-order chi connectivity index (χ0) is 22.8. The van der Waals surface area contributed by atoms with Crippen molar-refractivity contribution in [2.45, 2.75) is 13.1 Å². The van der Waals surface area contributed by atoms with Crippen molar-refractivity contribution in [3.8, 4) is 28.7 Å². The van der Waals surface area contributed by atoms with Gasteiger partial charge in [-0.1, -0.05) is 41.9 Å². The van der Waals surface area contributed by atoms with Crippen molar-refractivity contribution >= 4 is 11.6 Å². The van der Waals surface area contributed by atoms with Crippen LogP contribution in [-0.4, -0.2) is 34.5 Å². The third kappa shape index (κ3) is 6.22. The van der Waals surface area contributed by atoms with Gasteiger partial charge in [0.25, 0.3) is 0 Å². The fourth-order valence-corrected chi connectivity index (χ4v) is 3.43. The summed E-state index contributed by atoms with van der Waals surface area (Å²) in [7, 11) is 4.81. The van der Waals surface area contributed by atoms with Crippen LogP contribution >= 0.6 is 11.6 Å². The zero-order valence-corrected chi connectivity index (χ0v) is 19.3. The van der Waals surface area contributed by atoms with Gasteiger partial charge in [0, 0.05) is 29.7 Å². The first-order valence-corrected chi connectivity index (χ1v) is 10.6. The maximum Gasteiger partial charge on any atom is 0.165 e. The van der Waals surface area contributed by atoms with Gasteiger partial charge in [-0.25, -0.2) is 0 Å². The Morgan fingerprint density at radius 1 is 0.688 bits per heavy atom. The number of ether oxygens (including phenoxy) is 5. The summed E-state index contributed by atoms with van der Waals surface area (Å²) in [5, 5.41) is 4.01. The lowest BCUT2D eigenvalue weighted by molar-refractivity contribution is 0.209. The molecular weight excluding hydrogens is 430 g/mol. The van der Waals surface area contributed by atoms with E-state index in [1.165, 1.54) is 0 Å². The molecule has 0 fully saturated rings. The maximum atomic E-state index is 6.40. The first-order chi connectivity index (χ1) is 15.7. The minimum absolute atomic E-state index is 0.393. The lowest BCUT2D eigenvalue weighted by Gasteiger charge is -2.16. The van der Waals surface area contributed by atoms with E-state index < -0.39 is 0 Å². The number of halogens is 1. The Bertz CT molecular complexity index is 997. The summed E-state index contributed by atoms with van der Waals surface area (Å²) in [6.07, 6.45) is 0. The van der Waals surface area contributed by atoms with Gasteiger partial charge in [-0.15, -0.1) is 0 Å². The molecule has 170 valence electrons. The standard InChI is InChI=1S/C25H28ClNO5/c1-28-22-11-7-8-18(25(22)32-13-12-31-20-9-5-4-6-10-20)16-27-17-19-14-23(29-2)24(30-3)15-21(19)26/h4-11,14-15,27H,12-13,16-17H2,1-3H3. The lowest BCUT2D eigenvalue weighted by Crippen LogP contribution is -2.16. The average molecular weight is 458 g/mol. The van der Waals surface area contributed by atoms with Gasteiger partial charge in [0.15, 0.2) is 23.0 Å². The molecule has 0 bridgehead atoms. The Balaban J connectivity index is 1.61. The van der Waals surface area contributed by atoms with Gasteiger partial charge in [-0.05, 0) is 29.8 Å². The summed E-state index contributed by atoms with van der Waals surface area (Å²) >= 11 is 6.40. The van der Waals surface area contributed by atoms with Crippen LogP contribution in [0.2, 0.25) is 5.02 Å². The van der Waals surface area contributed by atoms with E-state index in [2.05, 4.69) is 5.32 Å². The smallest absolute Gasteiger partial charge is 0.165 e. The molecule has 32 heavy (non-hydrogen) atoms. The SMILES string of the molecule is COc1cc(Cl)c(CNCc2cccc(OC)c2OCCOc2ccccc2)cc1OC. The van der Waals surface area contributed by atoms with E-state index in [9.17, 15) is 0 Å². The molecule has 1 N–H and O–H groups in total. The second-order valence-corrected chi connectivity index (χ2v) is 7.27. The third-order valence-electron chi connectivity index (χ3n) is 4.81. The number of hydrogen-bond acceptors (Lipinski definition) is 6. The van der Waals surface area contributed by atoms with Gasteiger partial charge >= 0.3 is 0 Å². The first-order valence-electron chi connectivity index (χ1n) is 10.2. The van der Waals surface area contributed by atoms with E-state index >= 15 is 0 Å². The molecule has 0 saturated carbocycles. The van der Waals surface area contributed by atoms with Crippen molar-refractivity contribution in [1.29, 1.82) is 0 Å². The molecule has 6 nitrogen and oxygen atoms in total. The van der Waals surface area contributed by atoms with Crippen LogP contribution in [0, 0.1) is 0 Å². The molecule has 0 saturated heterocycles. The van der Waals surface area contributed by atoms with Gasteiger partial charge in [0.05, 0.1) is 21.3 Å². The van der Waals surface area contributed by atoms with Gasteiger partial charge < -0.3 is 29.0 Å². The van der Waals surface area contributed by atoms with E-state index in [1.807, 2.05) is 54.6 Å². The minimum atomic E-state index is 0.393. The summed E-state index contributed by atoms with van der Waals surface area (Å²) in [6, 6.07) is 19.1. The summed E-state index contributed by atoms with van der Waals surface area (Å²) in [5.74, 6) is 3.41. The van der Waals surface area contributed by atoms with Crippen molar-refractivity contribution in [1.82, 2.24) is 5.32 Å². The second kappa shape index (κ2) is 12.1. The molecule has 7 heteroatoms. The molecule has 0 aliphatic rings. The molecule has 0 heterocycles. The van der Waals surface area contributed by atoms with Gasteiger partial charge in [0.1, 0.15) is 19.0 Å². The van der Waals surface area contributed by atoms with Crippen molar-refractivity contribution in [3.63, 3.8) is 0 Å². The minimum Gasteiger partial charge on any atom is -0.493 e. The van der Waals surface area contributed by atoms with E-state index in [4.69, 9.17) is 35.3 Å². The Morgan fingerprint density at radius 2 is 1.34 bits per heavy atom. The van der Waals surface area contributed by atoms with Gasteiger partial charge in [-0.3, -0.25) is 0 Å². The summed E-state index contributed by atoms with van der Waals surface area (Å²) in [4.78, 5) is 0. The van der Waals surface area contributed by atoms with Crippen molar-refractivity contribution in [3.05, 3.63) is 76.8 Å². The zero-order valence-electron chi connectivity index (χ0n) is 18.5. The van der Waals surface area contributed by atoms with Crippen molar-refractivity contribution in [2.24, 2.45) is 0 Å². The maximum absolute atomic E-state index is 6.40. The number of rotatable bonds is 12.